The molecule has 1 unspecified atom stereocenters. The maximum atomic E-state index is 6.29. The van der Waals surface area contributed by atoms with Gasteiger partial charge in [-0.25, -0.2) is 0 Å². The van der Waals surface area contributed by atoms with E-state index >= 15 is 0 Å². The molecule has 19 heavy (non-hydrogen) atoms. The van der Waals surface area contributed by atoms with Crippen LogP contribution in [0.15, 0.2) is 29.8 Å². The molecule has 2 nitrogen and oxygen atoms in total. The van der Waals surface area contributed by atoms with Gasteiger partial charge in [0, 0.05) is 11.1 Å². The van der Waals surface area contributed by atoms with Crippen molar-refractivity contribution >= 4 is 11.6 Å². The van der Waals surface area contributed by atoms with Crippen molar-refractivity contribution in [3.8, 4) is 0 Å². The topological polar surface area (TPSA) is 38.0 Å². The largest absolute Gasteiger partial charge is 0.271 e. The lowest BCUT2D eigenvalue weighted by molar-refractivity contribution is 0.505. The van der Waals surface area contributed by atoms with Crippen molar-refractivity contribution in [3.05, 3.63) is 46.0 Å². The molecule has 0 saturated heterocycles. The first kappa shape index (κ1) is 14.6. The molecule has 1 aromatic carbocycles. The summed E-state index contributed by atoms with van der Waals surface area (Å²) in [4.78, 5) is 0. The number of halogens is 1. The number of hydrogen-bond donors (Lipinski definition) is 2. The van der Waals surface area contributed by atoms with Crippen molar-refractivity contribution in [3.63, 3.8) is 0 Å². The molecule has 3 N–H and O–H groups in total. The number of nitrogens with one attached hydrogen (secondary N) is 1. The Hall–Kier alpha value is -0.830. The Morgan fingerprint density at radius 2 is 2.16 bits per heavy atom. The quantitative estimate of drug-likeness (QED) is 0.487. The molecule has 0 spiro atoms. The van der Waals surface area contributed by atoms with Gasteiger partial charge in [-0.2, -0.15) is 0 Å². The second-order valence-electron chi connectivity index (χ2n) is 5.47. The van der Waals surface area contributed by atoms with E-state index in [2.05, 4.69) is 30.6 Å². The molecule has 104 valence electrons. The summed E-state index contributed by atoms with van der Waals surface area (Å²) in [5.74, 6) is 5.70. The number of allylic oxidation sites excluding steroid dienone is 1. The molecule has 0 aromatic heterocycles. The van der Waals surface area contributed by atoms with Crippen LogP contribution in [0.3, 0.4) is 0 Å². The zero-order chi connectivity index (χ0) is 13.7. The van der Waals surface area contributed by atoms with E-state index in [1.807, 2.05) is 6.07 Å². The summed E-state index contributed by atoms with van der Waals surface area (Å²) in [7, 11) is 0. The summed E-state index contributed by atoms with van der Waals surface area (Å²) in [6, 6.07) is 6.50. The van der Waals surface area contributed by atoms with Crippen molar-refractivity contribution in [2.24, 2.45) is 5.84 Å². The highest BCUT2D eigenvalue weighted by Crippen LogP contribution is 2.24. The minimum absolute atomic E-state index is 0.268. The first-order chi connectivity index (χ1) is 9.19. The molecular weight excluding hydrogens is 256 g/mol. The summed E-state index contributed by atoms with van der Waals surface area (Å²) in [6.07, 6.45) is 9.37. The van der Waals surface area contributed by atoms with Crippen LogP contribution in [-0.2, 0) is 6.42 Å². The summed E-state index contributed by atoms with van der Waals surface area (Å²) < 4.78 is 0. The number of aryl methyl sites for hydroxylation is 1. The van der Waals surface area contributed by atoms with Gasteiger partial charge in [0.25, 0.3) is 0 Å². The van der Waals surface area contributed by atoms with E-state index < -0.39 is 0 Å². The average molecular weight is 279 g/mol. The van der Waals surface area contributed by atoms with E-state index in [1.165, 1.54) is 42.4 Å². The van der Waals surface area contributed by atoms with Crippen LogP contribution in [0.25, 0.3) is 0 Å². The SMILES string of the molecule is Cc1ccc(CC(CC2=CCCCC2)NN)c(Cl)c1. The van der Waals surface area contributed by atoms with Gasteiger partial charge in [-0.15, -0.1) is 0 Å². The van der Waals surface area contributed by atoms with Gasteiger partial charge in [0.15, 0.2) is 0 Å². The third-order valence-electron chi connectivity index (χ3n) is 3.80. The first-order valence-electron chi connectivity index (χ1n) is 7.08. The van der Waals surface area contributed by atoms with Crippen LogP contribution in [0, 0.1) is 6.92 Å². The van der Waals surface area contributed by atoms with E-state index in [1.54, 1.807) is 0 Å². The Balaban J connectivity index is 2.00. The van der Waals surface area contributed by atoms with Gasteiger partial charge >= 0.3 is 0 Å². The molecule has 0 heterocycles. The normalized spacial score (nSPS) is 17.1. The zero-order valence-corrected chi connectivity index (χ0v) is 12.3. The number of benzene rings is 1. The second kappa shape index (κ2) is 7.09. The van der Waals surface area contributed by atoms with E-state index in [0.29, 0.717) is 0 Å². The van der Waals surface area contributed by atoms with Gasteiger partial charge in [0.1, 0.15) is 0 Å². The van der Waals surface area contributed by atoms with E-state index in [-0.39, 0.29) is 6.04 Å². The van der Waals surface area contributed by atoms with Crippen molar-refractivity contribution < 1.29 is 0 Å². The van der Waals surface area contributed by atoms with Crippen LogP contribution in [0.5, 0.6) is 0 Å². The fourth-order valence-corrected chi connectivity index (χ4v) is 2.99. The summed E-state index contributed by atoms with van der Waals surface area (Å²) >= 11 is 6.29. The lowest BCUT2D eigenvalue weighted by atomic mass is 9.92. The van der Waals surface area contributed by atoms with Gasteiger partial charge in [-0.1, -0.05) is 35.4 Å². The monoisotopic (exact) mass is 278 g/mol. The fraction of sp³-hybridized carbons (Fsp3) is 0.500. The number of hydrogen-bond acceptors (Lipinski definition) is 2. The highest BCUT2D eigenvalue weighted by Gasteiger charge is 2.14. The summed E-state index contributed by atoms with van der Waals surface area (Å²) in [6.45, 7) is 2.06. The molecule has 2 rings (SSSR count). The van der Waals surface area contributed by atoms with Crippen molar-refractivity contribution in [1.29, 1.82) is 0 Å². The van der Waals surface area contributed by atoms with E-state index in [4.69, 9.17) is 17.4 Å². The number of hydrazine groups is 1. The van der Waals surface area contributed by atoms with Crippen LogP contribution >= 0.6 is 11.6 Å². The zero-order valence-electron chi connectivity index (χ0n) is 11.6. The van der Waals surface area contributed by atoms with Gasteiger partial charge in [0.2, 0.25) is 0 Å². The van der Waals surface area contributed by atoms with Crippen LogP contribution in [-0.4, -0.2) is 6.04 Å². The Labute approximate surface area is 121 Å². The molecule has 1 aliphatic carbocycles. The highest BCUT2D eigenvalue weighted by molar-refractivity contribution is 6.31. The fourth-order valence-electron chi connectivity index (χ4n) is 2.68. The molecule has 1 atom stereocenters. The molecule has 3 heteroatoms. The highest BCUT2D eigenvalue weighted by atomic mass is 35.5. The third kappa shape index (κ3) is 4.34. The average Bonchev–Trinajstić information content (AvgIpc) is 2.42. The van der Waals surface area contributed by atoms with E-state index in [0.717, 1.165) is 17.9 Å². The summed E-state index contributed by atoms with van der Waals surface area (Å²) in [5, 5.41) is 0.845. The van der Waals surface area contributed by atoms with Crippen LogP contribution in [0.1, 0.15) is 43.2 Å². The summed E-state index contributed by atoms with van der Waals surface area (Å²) in [5.41, 5.74) is 6.85. The predicted octanol–water partition coefficient (Wildman–Crippen LogP) is 3.91. The molecule has 0 amide bonds. The van der Waals surface area contributed by atoms with Gasteiger partial charge in [0.05, 0.1) is 0 Å². The standard InChI is InChI=1S/C16H23ClN2/c1-12-7-8-14(16(17)9-12)11-15(19-18)10-13-5-3-2-4-6-13/h5,7-9,15,19H,2-4,6,10-11,18H2,1H3. The lowest BCUT2D eigenvalue weighted by Gasteiger charge is -2.20. The van der Waals surface area contributed by atoms with E-state index in [9.17, 15) is 0 Å². The molecule has 0 saturated carbocycles. The maximum absolute atomic E-state index is 6.29. The van der Waals surface area contributed by atoms with Gasteiger partial charge in [-0.3, -0.25) is 11.3 Å². The van der Waals surface area contributed by atoms with Crippen LogP contribution in [0.4, 0.5) is 0 Å². The number of rotatable bonds is 5. The first-order valence-corrected chi connectivity index (χ1v) is 7.46. The van der Waals surface area contributed by atoms with Gasteiger partial charge in [-0.05, 0) is 62.6 Å². The molecule has 0 fully saturated rings. The van der Waals surface area contributed by atoms with Crippen molar-refractivity contribution in [2.75, 3.05) is 0 Å². The molecular formula is C16H23ClN2. The third-order valence-corrected chi connectivity index (χ3v) is 4.16. The molecule has 0 aliphatic heterocycles. The minimum atomic E-state index is 0.268. The second-order valence-corrected chi connectivity index (χ2v) is 5.88. The molecule has 0 radical (unpaired) electrons. The lowest BCUT2D eigenvalue weighted by Crippen LogP contribution is -2.37. The van der Waals surface area contributed by atoms with Crippen molar-refractivity contribution in [2.45, 2.75) is 51.5 Å². The van der Waals surface area contributed by atoms with Crippen LogP contribution < -0.4 is 11.3 Å². The smallest absolute Gasteiger partial charge is 0.0441 e. The molecule has 0 bridgehead atoms. The molecule has 1 aromatic rings. The maximum Gasteiger partial charge on any atom is 0.0441 e. The van der Waals surface area contributed by atoms with Crippen molar-refractivity contribution in [1.82, 2.24) is 5.43 Å². The Morgan fingerprint density at radius 3 is 2.79 bits per heavy atom. The Kier molecular flexibility index (Phi) is 5.44. The Bertz CT molecular complexity index is 454. The Morgan fingerprint density at radius 1 is 1.32 bits per heavy atom. The van der Waals surface area contributed by atoms with Crippen LogP contribution in [0.2, 0.25) is 5.02 Å². The predicted molar refractivity (Wildman–Crippen MR) is 82.2 cm³/mol. The number of nitrogens with two attached hydrogens (primary N) is 1. The molecule has 1 aliphatic rings. The minimum Gasteiger partial charge on any atom is -0.271 e. The van der Waals surface area contributed by atoms with Gasteiger partial charge < -0.3 is 0 Å².